The molecule has 34 heavy (non-hydrogen) atoms. The number of hydrogen-bond acceptors (Lipinski definition) is 5. The predicted molar refractivity (Wildman–Crippen MR) is 142 cm³/mol. The summed E-state index contributed by atoms with van der Waals surface area (Å²) in [5, 5.41) is 17.5. The Balaban J connectivity index is 3.61. The molecule has 0 radical (unpaired) electrons. The van der Waals surface area contributed by atoms with E-state index in [2.05, 4.69) is 11.8 Å². The largest absolute Gasteiger partial charge is 0.481 e. The number of carboxylic acids is 1. The van der Waals surface area contributed by atoms with Crippen LogP contribution in [0.15, 0.2) is 0 Å². The molecule has 0 aliphatic carbocycles. The standard InChI is InChI=1S/C28H57NO5/c1-2-3-4-5-6-7-8-9-10-11-12-13-14-15-16-17-20-29(21-18-24-33-27-23-30)22-26-34-25-19-28(31)32/h30H,2-27H2,1H3,(H,31,32). The second-order valence-electron chi connectivity index (χ2n) is 9.59. The van der Waals surface area contributed by atoms with E-state index < -0.39 is 5.97 Å². The van der Waals surface area contributed by atoms with Crippen molar-refractivity contribution in [2.45, 2.75) is 122 Å². The number of carboxylic acid groups (broad SMARTS) is 1. The fourth-order valence-corrected chi connectivity index (χ4v) is 4.23. The van der Waals surface area contributed by atoms with Crippen molar-refractivity contribution >= 4 is 5.97 Å². The Bertz CT molecular complexity index is 408. The van der Waals surface area contributed by atoms with Crippen molar-refractivity contribution in [1.82, 2.24) is 4.90 Å². The number of aliphatic hydroxyl groups is 1. The summed E-state index contributed by atoms with van der Waals surface area (Å²) in [7, 11) is 0. The normalized spacial score (nSPS) is 11.5. The van der Waals surface area contributed by atoms with Crippen LogP contribution in [0.2, 0.25) is 0 Å². The lowest BCUT2D eigenvalue weighted by Crippen LogP contribution is -2.30. The average Bonchev–Trinajstić information content (AvgIpc) is 2.82. The van der Waals surface area contributed by atoms with Crippen LogP contribution in [0.5, 0.6) is 0 Å². The quantitative estimate of drug-likeness (QED) is 0.118. The first kappa shape index (κ1) is 33.3. The highest BCUT2D eigenvalue weighted by atomic mass is 16.5. The molecule has 0 aromatic rings. The summed E-state index contributed by atoms with van der Waals surface area (Å²) >= 11 is 0. The average molecular weight is 488 g/mol. The van der Waals surface area contributed by atoms with Crippen molar-refractivity contribution in [3.05, 3.63) is 0 Å². The van der Waals surface area contributed by atoms with E-state index in [-0.39, 0.29) is 19.6 Å². The molecule has 0 bridgehead atoms. The minimum absolute atomic E-state index is 0.0636. The van der Waals surface area contributed by atoms with Gasteiger partial charge in [0.1, 0.15) is 0 Å². The minimum Gasteiger partial charge on any atom is -0.481 e. The zero-order valence-electron chi connectivity index (χ0n) is 22.5. The van der Waals surface area contributed by atoms with Crippen LogP contribution in [0.4, 0.5) is 0 Å². The van der Waals surface area contributed by atoms with Crippen molar-refractivity contribution in [2.75, 3.05) is 52.7 Å². The molecule has 6 nitrogen and oxygen atoms in total. The number of hydrogen-bond donors (Lipinski definition) is 2. The first-order valence-electron chi connectivity index (χ1n) is 14.4. The molecule has 204 valence electrons. The van der Waals surface area contributed by atoms with E-state index in [1.807, 2.05) is 0 Å². The highest BCUT2D eigenvalue weighted by molar-refractivity contribution is 5.66. The molecule has 0 amide bonds. The van der Waals surface area contributed by atoms with Gasteiger partial charge in [0.15, 0.2) is 0 Å². The maximum atomic E-state index is 10.6. The van der Waals surface area contributed by atoms with Crippen LogP contribution in [0.3, 0.4) is 0 Å². The molecule has 0 saturated heterocycles. The molecule has 6 heteroatoms. The van der Waals surface area contributed by atoms with Crippen LogP contribution in [0.25, 0.3) is 0 Å². The fourth-order valence-electron chi connectivity index (χ4n) is 4.23. The topological polar surface area (TPSA) is 79.2 Å². The van der Waals surface area contributed by atoms with E-state index in [1.165, 1.54) is 103 Å². The summed E-state index contributed by atoms with van der Waals surface area (Å²) < 4.78 is 10.8. The molecule has 0 aliphatic heterocycles. The first-order chi connectivity index (χ1) is 16.7. The number of ether oxygens (including phenoxy) is 2. The van der Waals surface area contributed by atoms with Gasteiger partial charge >= 0.3 is 5.97 Å². The van der Waals surface area contributed by atoms with Crippen molar-refractivity contribution < 1.29 is 24.5 Å². The molecule has 0 aromatic heterocycles. The fraction of sp³-hybridized carbons (Fsp3) is 0.964. The van der Waals surface area contributed by atoms with Crippen LogP contribution in [-0.2, 0) is 14.3 Å². The Morgan fingerprint density at radius 2 is 1.06 bits per heavy atom. The summed E-state index contributed by atoms with van der Waals surface area (Å²) in [5.41, 5.74) is 0. The molecule has 0 fully saturated rings. The number of unbranched alkanes of at least 4 members (excludes halogenated alkanes) is 15. The van der Waals surface area contributed by atoms with Crippen LogP contribution in [-0.4, -0.2) is 73.8 Å². The molecular formula is C28H57NO5. The summed E-state index contributed by atoms with van der Waals surface area (Å²) in [6, 6.07) is 0. The van der Waals surface area contributed by atoms with Crippen molar-refractivity contribution in [3.63, 3.8) is 0 Å². The van der Waals surface area contributed by atoms with Gasteiger partial charge in [-0.25, -0.2) is 0 Å². The molecule has 0 saturated carbocycles. The SMILES string of the molecule is CCCCCCCCCCCCCCCCCCN(CCCOCCO)CCOCCC(=O)O. The number of aliphatic hydroxyl groups excluding tert-OH is 1. The second-order valence-corrected chi connectivity index (χ2v) is 9.59. The van der Waals surface area contributed by atoms with E-state index in [0.29, 0.717) is 19.8 Å². The molecule has 0 unspecified atom stereocenters. The lowest BCUT2D eigenvalue weighted by molar-refractivity contribution is -0.138. The molecular weight excluding hydrogens is 430 g/mol. The summed E-state index contributed by atoms with van der Waals surface area (Å²) in [4.78, 5) is 13.0. The van der Waals surface area contributed by atoms with Gasteiger partial charge in [-0.1, -0.05) is 103 Å². The van der Waals surface area contributed by atoms with Gasteiger partial charge in [-0.05, 0) is 19.4 Å². The third kappa shape index (κ3) is 27.6. The zero-order chi connectivity index (χ0) is 25.0. The summed E-state index contributed by atoms with van der Waals surface area (Å²) in [6.07, 6.45) is 23.1. The maximum absolute atomic E-state index is 10.6. The van der Waals surface area contributed by atoms with Gasteiger partial charge in [-0.2, -0.15) is 0 Å². The Kier molecular flexibility index (Phi) is 28.0. The van der Waals surface area contributed by atoms with Gasteiger partial charge in [0.2, 0.25) is 0 Å². The van der Waals surface area contributed by atoms with Gasteiger partial charge in [0, 0.05) is 19.7 Å². The molecule has 0 heterocycles. The molecule has 0 atom stereocenters. The number of nitrogens with zero attached hydrogens (tertiary/aromatic N) is 1. The molecule has 0 aromatic carbocycles. The van der Waals surface area contributed by atoms with Crippen molar-refractivity contribution in [3.8, 4) is 0 Å². The highest BCUT2D eigenvalue weighted by Crippen LogP contribution is 2.14. The molecule has 0 rings (SSSR count). The van der Waals surface area contributed by atoms with Crippen molar-refractivity contribution in [2.24, 2.45) is 0 Å². The van der Waals surface area contributed by atoms with Gasteiger partial charge in [0.05, 0.1) is 32.8 Å². The summed E-state index contributed by atoms with van der Waals surface area (Å²) in [5.74, 6) is -0.814. The Hall–Kier alpha value is -0.690. The van der Waals surface area contributed by atoms with E-state index >= 15 is 0 Å². The van der Waals surface area contributed by atoms with Crippen LogP contribution in [0, 0.1) is 0 Å². The van der Waals surface area contributed by atoms with Gasteiger partial charge in [0.25, 0.3) is 0 Å². The summed E-state index contributed by atoms with van der Waals surface area (Å²) in [6.45, 7) is 7.10. The third-order valence-electron chi connectivity index (χ3n) is 6.34. The third-order valence-corrected chi connectivity index (χ3v) is 6.34. The molecule has 0 aliphatic rings. The van der Waals surface area contributed by atoms with E-state index in [1.54, 1.807) is 0 Å². The van der Waals surface area contributed by atoms with Gasteiger partial charge < -0.3 is 24.6 Å². The van der Waals surface area contributed by atoms with Gasteiger partial charge in [-0.3, -0.25) is 4.79 Å². The maximum Gasteiger partial charge on any atom is 0.305 e. The van der Waals surface area contributed by atoms with Crippen molar-refractivity contribution in [1.29, 1.82) is 0 Å². The Labute approximate surface area is 210 Å². The minimum atomic E-state index is -0.814. The smallest absolute Gasteiger partial charge is 0.305 e. The van der Waals surface area contributed by atoms with Crippen LogP contribution < -0.4 is 0 Å². The number of carbonyl (C=O) groups is 1. The molecule has 0 spiro atoms. The predicted octanol–water partition coefficient (Wildman–Crippen LogP) is 6.44. The first-order valence-corrected chi connectivity index (χ1v) is 14.4. The lowest BCUT2D eigenvalue weighted by atomic mass is 10.0. The number of rotatable bonds is 29. The zero-order valence-corrected chi connectivity index (χ0v) is 22.5. The van der Waals surface area contributed by atoms with Gasteiger partial charge in [-0.15, -0.1) is 0 Å². The van der Waals surface area contributed by atoms with E-state index in [4.69, 9.17) is 19.7 Å². The number of aliphatic carboxylic acids is 1. The lowest BCUT2D eigenvalue weighted by Gasteiger charge is -2.22. The second kappa shape index (κ2) is 28.5. The Morgan fingerprint density at radius 3 is 1.56 bits per heavy atom. The Morgan fingerprint density at radius 1 is 0.588 bits per heavy atom. The van der Waals surface area contributed by atoms with E-state index in [9.17, 15) is 4.79 Å². The highest BCUT2D eigenvalue weighted by Gasteiger charge is 2.06. The van der Waals surface area contributed by atoms with Crippen LogP contribution >= 0.6 is 0 Å². The monoisotopic (exact) mass is 487 g/mol. The van der Waals surface area contributed by atoms with E-state index in [0.717, 1.165) is 26.1 Å². The van der Waals surface area contributed by atoms with Crippen LogP contribution in [0.1, 0.15) is 122 Å². The molecule has 2 N–H and O–H groups in total.